The molecule has 72 heavy (non-hydrogen) atoms. The molecule has 5 aliphatic carbocycles. The average Bonchev–Trinajstić information content (AvgIpc) is 3.35. The van der Waals surface area contributed by atoms with Crippen molar-refractivity contribution >= 4 is 5.97 Å². The number of ether oxygens (including phenoxy) is 8. The molecule has 27 atom stereocenters. The highest BCUT2D eigenvalue weighted by atomic mass is 16.8. The molecule has 4 aliphatic heterocycles. The van der Waals surface area contributed by atoms with Gasteiger partial charge in [0.1, 0.15) is 85.5 Å². The predicted octanol–water partition coefficient (Wildman–Crippen LogP) is -1.00. The van der Waals surface area contributed by atoms with E-state index in [1.165, 1.54) is 12.5 Å². The van der Waals surface area contributed by atoms with Gasteiger partial charge >= 0.3 is 5.97 Å². The zero-order valence-corrected chi connectivity index (χ0v) is 42.3. The Morgan fingerprint density at radius 3 is 1.86 bits per heavy atom. The predicted molar refractivity (Wildman–Crippen MR) is 246 cm³/mol. The molecular weight excluding hydrogens is 949 g/mol. The molecule has 4 saturated carbocycles. The van der Waals surface area contributed by atoms with Crippen LogP contribution >= 0.6 is 0 Å². The van der Waals surface area contributed by atoms with Crippen molar-refractivity contribution in [2.24, 2.45) is 44.8 Å². The SMILES string of the molecule is CC1OC(OC2C(OC3CCC4(C)C(CCC5(C)C4CC=C4C6CCCCC6(C(=O)OC6OC(CO)C(O)C(O)C6O)CCC45C)C3(C)C)OCC(O)C2OC2OC(CO)C(O)C(O)C2O)C(O)C(O)C1O. The summed E-state index contributed by atoms with van der Waals surface area (Å²) in [7, 11) is 0. The summed E-state index contributed by atoms with van der Waals surface area (Å²) < 4.78 is 48.8. The topological polar surface area (TPSA) is 334 Å². The number of hydrogen-bond acceptors (Lipinski definition) is 21. The number of rotatable bonds is 10. The lowest BCUT2D eigenvalue weighted by Gasteiger charge is -2.71. The zero-order chi connectivity index (χ0) is 52.2. The van der Waals surface area contributed by atoms with Crippen LogP contribution in [-0.2, 0) is 42.7 Å². The first-order valence-corrected chi connectivity index (χ1v) is 26.4. The van der Waals surface area contributed by atoms with Gasteiger partial charge in [-0.25, -0.2) is 0 Å². The van der Waals surface area contributed by atoms with Gasteiger partial charge in [0.2, 0.25) is 6.29 Å². The lowest BCUT2D eigenvalue weighted by atomic mass is 9.34. The Kier molecular flexibility index (Phi) is 15.6. The number of allylic oxidation sites excluding steroid dienone is 2. The highest BCUT2D eigenvalue weighted by Crippen LogP contribution is 2.75. The summed E-state index contributed by atoms with van der Waals surface area (Å²) in [5.74, 6) is -0.216. The summed E-state index contributed by atoms with van der Waals surface area (Å²) in [6, 6.07) is 0. The lowest BCUT2D eigenvalue weighted by molar-refractivity contribution is -0.388. The van der Waals surface area contributed by atoms with E-state index in [4.69, 9.17) is 37.9 Å². The third-order valence-electron chi connectivity index (χ3n) is 20.4. The van der Waals surface area contributed by atoms with E-state index in [1.54, 1.807) is 0 Å². The Morgan fingerprint density at radius 2 is 1.21 bits per heavy atom. The zero-order valence-electron chi connectivity index (χ0n) is 42.3. The summed E-state index contributed by atoms with van der Waals surface area (Å²) in [4.78, 5) is 14.6. The van der Waals surface area contributed by atoms with Gasteiger partial charge in [-0.15, -0.1) is 0 Å². The van der Waals surface area contributed by atoms with Crippen LogP contribution in [0, 0.1) is 44.8 Å². The Balaban J connectivity index is 0.958. The molecule has 9 aliphatic rings. The van der Waals surface area contributed by atoms with Crippen molar-refractivity contribution < 1.29 is 104 Å². The van der Waals surface area contributed by atoms with Crippen LogP contribution in [0.5, 0.6) is 0 Å². The molecule has 4 heterocycles. The molecule has 0 spiro atoms. The van der Waals surface area contributed by atoms with Crippen molar-refractivity contribution in [1.82, 2.24) is 0 Å². The van der Waals surface area contributed by atoms with Crippen LogP contribution in [0.2, 0.25) is 0 Å². The summed E-state index contributed by atoms with van der Waals surface area (Å²) in [6.45, 7) is 11.4. The molecule has 21 heteroatoms. The lowest BCUT2D eigenvalue weighted by Crippen LogP contribution is -2.67. The minimum Gasteiger partial charge on any atom is -0.432 e. The van der Waals surface area contributed by atoms with E-state index < -0.39 is 153 Å². The van der Waals surface area contributed by atoms with Gasteiger partial charge in [0.25, 0.3) is 0 Å². The van der Waals surface area contributed by atoms with Crippen molar-refractivity contribution in [1.29, 1.82) is 0 Å². The number of fused-ring (bicyclic) bond motifs is 7. The van der Waals surface area contributed by atoms with E-state index in [9.17, 15) is 66.1 Å². The van der Waals surface area contributed by atoms with Crippen LogP contribution in [-0.4, -0.2) is 210 Å². The minimum absolute atomic E-state index is 0.111. The second kappa shape index (κ2) is 20.4. The van der Waals surface area contributed by atoms with Crippen LogP contribution < -0.4 is 0 Å². The smallest absolute Gasteiger partial charge is 0.315 e. The van der Waals surface area contributed by atoms with E-state index >= 15 is 0 Å². The maximum Gasteiger partial charge on any atom is 0.315 e. The summed E-state index contributed by atoms with van der Waals surface area (Å²) in [5, 5.41) is 127. The van der Waals surface area contributed by atoms with E-state index in [2.05, 4.69) is 40.7 Å². The van der Waals surface area contributed by atoms with Crippen molar-refractivity contribution in [3.8, 4) is 0 Å². The number of carbonyl (C=O) groups excluding carboxylic acids is 1. The fraction of sp³-hybridized carbons (Fsp3) is 0.941. The van der Waals surface area contributed by atoms with Gasteiger partial charge in [-0.3, -0.25) is 4.79 Å². The van der Waals surface area contributed by atoms with Crippen LogP contribution in [0.25, 0.3) is 0 Å². The van der Waals surface area contributed by atoms with Crippen molar-refractivity contribution in [2.75, 3.05) is 19.8 Å². The van der Waals surface area contributed by atoms with Gasteiger partial charge in [-0.2, -0.15) is 0 Å². The number of hydrogen-bond donors (Lipinski definition) is 12. The molecular formula is C51H82O21. The first-order chi connectivity index (χ1) is 33.9. The van der Waals surface area contributed by atoms with Crippen LogP contribution in [0.15, 0.2) is 11.6 Å². The fourth-order valence-corrected chi connectivity index (χ4v) is 15.9. The third-order valence-corrected chi connectivity index (χ3v) is 20.4. The van der Waals surface area contributed by atoms with Crippen molar-refractivity contribution in [3.05, 3.63) is 11.6 Å². The standard InChI is InChI=1S/C51H82O21/c1-22-31(55)34(58)37(61)42(66-22)71-41-40(70-43-38(62)35(59)32(56)26(19-52)67-43)25(54)21-65-45(41)69-30-13-15-48(4)28(47(30,2)3)12-16-50(6)29(48)11-10-23-24-9-7-8-14-51(24,18-17-49(23,50)5)46(64)72-44-39(63)36(60)33(57)27(20-53)68-44/h10,22,24-45,52-63H,7-9,11-21H2,1-6H3. The fourth-order valence-electron chi connectivity index (χ4n) is 15.9. The maximum absolute atomic E-state index is 14.6. The number of aliphatic hydroxyl groups excluding tert-OH is 12. The Bertz CT molecular complexity index is 1960. The number of carbonyl (C=O) groups is 1. The van der Waals surface area contributed by atoms with Crippen molar-refractivity contribution in [3.63, 3.8) is 0 Å². The van der Waals surface area contributed by atoms with Crippen LogP contribution in [0.4, 0.5) is 0 Å². The molecule has 27 unspecified atom stereocenters. The number of esters is 1. The Hall–Kier alpha value is -1.55. The monoisotopic (exact) mass is 1030 g/mol. The second-order valence-corrected chi connectivity index (χ2v) is 24.2. The third kappa shape index (κ3) is 8.77. The van der Waals surface area contributed by atoms with E-state index in [1.807, 2.05) is 0 Å². The normalized spacial score (nSPS) is 54.5. The van der Waals surface area contributed by atoms with E-state index in [-0.39, 0.29) is 40.6 Å². The maximum atomic E-state index is 14.6. The van der Waals surface area contributed by atoms with Gasteiger partial charge in [0, 0.05) is 0 Å². The molecule has 412 valence electrons. The van der Waals surface area contributed by atoms with Gasteiger partial charge in [-0.1, -0.05) is 59.1 Å². The molecule has 21 nitrogen and oxygen atoms in total. The molecule has 0 aromatic carbocycles. The van der Waals surface area contributed by atoms with Crippen LogP contribution in [0.1, 0.15) is 112 Å². The van der Waals surface area contributed by atoms with Crippen LogP contribution in [0.3, 0.4) is 0 Å². The average molecular weight is 1030 g/mol. The highest BCUT2D eigenvalue weighted by molar-refractivity contribution is 5.79. The first kappa shape index (κ1) is 55.2. The molecule has 0 aromatic heterocycles. The highest BCUT2D eigenvalue weighted by Gasteiger charge is 2.70. The summed E-state index contributed by atoms with van der Waals surface area (Å²) >= 11 is 0. The largest absolute Gasteiger partial charge is 0.432 e. The molecule has 0 radical (unpaired) electrons. The van der Waals surface area contributed by atoms with E-state index in [0.29, 0.717) is 19.3 Å². The van der Waals surface area contributed by atoms with E-state index in [0.717, 1.165) is 51.4 Å². The first-order valence-electron chi connectivity index (χ1n) is 26.4. The molecule has 9 rings (SSSR count). The van der Waals surface area contributed by atoms with Gasteiger partial charge in [0.05, 0.1) is 37.4 Å². The van der Waals surface area contributed by atoms with Gasteiger partial charge in [0.15, 0.2) is 18.9 Å². The minimum atomic E-state index is -1.83. The molecule has 0 amide bonds. The molecule has 12 N–H and O–H groups in total. The Labute approximate surface area is 420 Å². The summed E-state index contributed by atoms with van der Waals surface area (Å²) in [5.41, 5.74) is -0.688. The van der Waals surface area contributed by atoms with Gasteiger partial charge in [-0.05, 0) is 104 Å². The molecule has 0 bridgehead atoms. The van der Waals surface area contributed by atoms with Crippen molar-refractivity contribution in [2.45, 2.75) is 235 Å². The Morgan fingerprint density at radius 1 is 0.611 bits per heavy atom. The molecule has 4 saturated heterocycles. The molecule has 0 aromatic rings. The quantitative estimate of drug-likeness (QED) is 0.0709. The van der Waals surface area contributed by atoms with Gasteiger partial charge < -0.3 is 99.2 Å². The number of aliphatic hydroxyl groups is 12. The summed E-state index contributed by atoms with van der Waals surface area (Å²) in [6.07, 6.45) is -18.8. The second-order valence-electron chi connectivity index (χ2n) is 24.2. The molecule has 8 fully saturated rings.